The first kappa shape index (κ1) is 20.6. The molecule has 9 heteroatoms. The van der Waals surface area contributed by atoms with Gasteiger partial charge in [0, 0.05) is 30.6 Å². The Morgan fingerprint density at radius 1 is 1.31 bits per heavy atom. The lowest BCUT2D eigenvalue weighted by Crippen LogP contribution is -2.51. The molecule has 0 bridgehead atoms. The van der Waals surface area contributed by atoms with Crippen LogP contribution in [0.15, 0.2) is 23.0 Å². The summed E-state index contributed by atoms with van der Waals surface area (Å²) >= 11 is 12.2. The number of piperidine rings is 1. The lowest BCUT2D eigenvalue weighted by Gasteiger charge is -2.41. The molecule has 0 radical (unpaired) electrons. The second-order valence-electron chi connectivity index (χ2n) is 7.92. The molecule has 1 spiro atoms. The van der Waals surface area contributed by atoms with Gasteiger partial charge in [0.1, 0.15) is 23.1 Å². The molecule has 2 aliphatic heterocycles. The van der Waals surface area contributed by atoms with Gasteiger partial charge >= 0.3 is 0 Å². The summed E-state index contributed by atoms with van der Waals surface area (Å²) in [5.74, 6) is 0.270. The number of anilines is 1. The predicted molar refractivity (Wildman–Crippen MR) is 112 cm³/mol. The summed E-state index contributed by atoms with van der Waals surface area (Å²) < 4.78 is 21.3. The van der Waals surface area contributed by atoms with Crippen molar-refractivity contribution in [3.8, 4) is 5.69 Å². The minimum Gasteiger partial charge on any atom is -0.376 e. The molecule has 0 unspecified atom stereocenters. The molecule has 1 aromatic carbocycles. The van der Waals surface area contributed by atoms with Crippen molar-refractivity contribution in [1.82, 2.24) is 9.55 Å². The van der Waals surface area contributed by atoms with Crippen LogP contribution in [0.2, 0.25) is 10.0 Å². The van der Waals surface area contributed by atoms with Crippen LogP contribution in [0.1, 0.15) is 25.6 Å². The largest absolute Gasteiger partial charge is 0.376 e. The summed E-state index contributed by atoms with van der Waals surface area (Å²) in [4.78, 5) is 19.5. The molecule has 0 saturated carbocycles. The average molecular weight is 441 g/mol. The minimum atomic E-state index is -0.636. The molecule has 6 nitrogen and oxygen atoms in total. The van der Waals surface area contributed by atoms with Gasteiger partial charge in [-0.05, 0) is 38.8 Å². The Bertz CT molecular complexity index is 1000. The first-order valence-electron chi connectivity index (χ1n) is 9.60. The van der Waals surface area contributed by atoms with Crippen molar-refractivity contribution in [2.45, 2.75) is 38.8 Å². The molecule has 2 saturated heterocycles. The molecule has 1 aromatic heterocycles. The smallest absolute Gasteiger partial charge is 0.260 e. The van der Waals surface area contributed by atoms with Crippen LogP contribution >= 0.6 is 23.2 Å². The van der Waals surface area contributed by atoms with Crippen molar-refractivity contribution in [1.29, 1.82) is 0 Å². The number of aryl methyl sites for hydroxylation is 1. The predicted octanol–water partition coefficient (Wildman–Crippen LogP) is 3.32. The zero-order valence-electron chi connectivity index (χ0n) is 16.3. The van der Waals surface area contributed by atoms with Gasteiger partial charge in [-0.25, -0.2) is 9.37 Å². The molecule has 0 aliphatic carbocycles. The lowest BCUT2D eigenvalue weighted by atomic mass is 9.73. The van der Waals surface area contributed by atoms with Crippen molar-refractivity contribution < 1.29 is 9.13 Å². The number of rotatable bonds is 2. The van der Waals surface area contributed by atoms with Gasteiger partial charge in [0.25, 0.3) is 5.56 Å². The highest BCUT2D eigenvalue weighted by Gasteiger charge is 2.47. The number of nitrogens with two attached hydrogens (primary N) is 1. The standard InChI is InChI=1S/C20H23Cl2FN4O2/c1-11-19(24)20(10-29-11)5-7-26(8-6-20)15-9-16(28)27(12(2)25-15)18-14(23)4-3-13(21)17(18)22/h3-4,9,11,19H,5-8,10,24H2,1-2H3/t11-,19-/m1/s1. The third-order valence-electron chi connectivity index (χ3n) is 6.25. The Morgan fingerprint density at radius 3 is 2.59 bits per heavy atom. The fourth-order valence-corrected chi connectivity index (χ4v) is 4.78. The van der Waals surface area contributed by atoms with Crippen LogP contribution < -0.4 is 16.2 Å². The van der Waals surface area contributed by atoms with Crippen LogP contribution in [-0.2, 0) is 4.74 Å². The number of ether oxygens (including phenoxy) is 1. The van der Waals surface area contributed by atoms with Crippen molar-refractivity contribution >= 4 is 29.0 Å². The van der Waals surface area contributed by atoms with Crippen LogP contribution in [-0.4, -0.2) is 41.4 Å². The van der Waals surface area contributed by atoms with Gasteiger partial charge in [-0.15, -0.1) is 0 Å². The maximum Gasteiger partial charge on any atom is 0.260 e. The maximum atomic E-state index is 14.4. The van der Waals surface area contributed by atoms with E-state index in [9.17, 15) is 9.18 Å². The minimum absolute atomic E-state index is 0.0142. The summed E-state index contributed by atoms with van der Waals surface area (Å²) in [6, 6.07) is 3.96. The zero-order valence-corrected chi connectivity index (χ0v) is 17.8. The summed E-state index contributed by atoms with van der Waals surface area (Å²) in [7, 11) is 0. The van der Waals surface area contributed by atoms with E-state index < -0.39 is 11.4 Å². The first-order chi connectivity index (χ1) is 13.7. The molecule has 2 atom stereocenters. The average Bonchev–Trinajstić information content (AvgIpc) is 2.96. The van der Waals surface area contributed by atoms with E-state index in [0.717, 1.165) is 30.5 Å². The topological polar surface area (TPSA) is 73.4 Å². The van der Waals surface area contributed by atoms with Gasteiger partial charge < -0.3 is 15.4 Å². The molecule has 29 heavy (non-hydrogen) atoms. The Balaban J connectivity index is 1.63. The van der Waals surface area contributed by atoms with E-state index in [1.165, 1.54) is 18.2 Å². The van der Waals surface area contributed by atoms with Crippen LogP contribution in [0, 0.1) is 18.2 Å². The molecular weight excluding hydrogens is 418 g/mol. The van der Waals surface area contributed by atoms with E-state index >= 15 is 0 Å². The molecule has 4 rings (SSSR count). The van der Waals surface area contributed by atoms with E-state index in [-0.39, 0.29) is 33.3 Å². The van der Waals surface area contributed by atoms with Crippen LogP contribution in [0.5, 0.6) is 0 Å². The molecule has 0 amide bonds. The fourth-order valence-electron chi connectivity index (χ4n) is 4.39. The van der Waals surface area contributed by atoms with E-state index in [2.05, 4.69) is 9.88 Å². The Labute approximate surface area is 178 Å². The summed E-state index contributed by atoms with van der Waals surface area (Å²) in [5.41, 5.74) is 5.86. The molecule has 156 valence electrons. The highest BCUT2D eigenvalue weighted by molar-refractivity contribution is 6.43. The van der Waals surface area contributed by atoms with Gasteiger partial charge in [0.05, 0.1) is 22.8 Å². The number of nitrogens with zero attached hydrogens (tertiary/aromatic N) is 3. The van der Waals surface area contributed by atoms with Crippen LogP contribution in [0.25, 0.3) is 5.69 Å². The second kappa shape index (κ2) is 7.54. The summed E-state index contributed by atoms with van der Waals surface area (Å²) in [6.45, 7) is 5.79. The zero-order chi connectivity index (χ0) is 20.9. The number of hydrogen-bond donors (Lipinski definition) is 1. The molecule has 3 heterocycles. The summed E-state index contributed by atoms with van der Waals surface area (Å²) in [5, 5.41) is 0.153. The van der Waals surface area contributed by atoms with Crippen molar-refractivity contribution in [2.24, 2.45) is 11.1 Å². The Kier molecular flexibility index (Phi) is 5.36. The molecule has 2 aliphatic rings. The second-order valence-corrected chi connectivity index (χ2v) is 8.70. The highest BCUT2D eigenvalue weighted by Crippen LogP contribution is 2.41. The van der Waals surface area contributed by atoms with Crippen molar-refractivity contribution in [2.75, 3.05) is 24.6 Å². The van der Waals surface area contributed by atoms with Crippen molar-refractivity contribution in [3.05, 3.63) is 50.2 Å². The Hall–Kier alpha value is -1.67. The number of halogens is 3. The molecule has 2 N–H and O–H groups in total. The highest BCUT2D eigenvalue weighted by atomic mass is 35.5. The van der Waals surface area contributed by atoms with Gasteiger partial charge in [0.2, 0.25) is 0 Å². The molecular formula is C20H23Cl2FN4O2. The van der Waals surface area contributed by atoms with Gasteiger partial charge in [0.15, 0.2) is 0 Å². The van der Waals surface area contributed by atoms with Gasteiger partial charge in [-0.3, -0.25) is 9.36 Å². The van der Waals surface area contributed by atoms with Crippen LogP contribution in [0.3, 0.4) is 0 Å². The van der Waals surface area contributed by atoms with E-state index in [1.54, 1.807) is 6.92 Å². The summed E-state index contributed by atoms with van der Waals surface area (Å²) in [6.07, 6.45) is 1.80. The van der Waals surface area contributed by atoms with Crippen molar-refractivity contribution in [3.63, 3.8) is 0 Å². The van der Waals surface area contributed by atoms with E-state index in [0.29, 0.717) is 18.2 Å². The lowest BCUT2D eigenvalue weighted by molar-refractivity contribution is 0.0974. The molecule has 2 fully saturated rings. The normalized spacial score (nSPS) is 23.7. The van der Waals surface area contributed by atoms with Gasteiger partial charge in [-0.2, -0.15) is 0 Å². The first-order valence-corrected chi connectivity index (χ1v) is 10.4. The molecule has 2 aromatic rings. The number of benzene rings is 1. The SMILES string of the molecule is Cc1nc(N2CCC3(CC2)CO[C@H](C)[C@H]3N)cc(=O)n1-c1c(F)ccc(Cl)c1Cl. The third-order valence-corrected chi connectivity index (χ3v) is 7.04. The Morgan fingerprint density at radius 2 is 2.00 bits per heavy atom. The number of hydrogen-bond acceptors (Lipinski definition) is 5. The van der Waals surface area contributed by atoms with Gasteiger partial charge in [-0.1, -0.05) is 23.2 Å². The quantitative estimate of drug-likeness (QED) is 0.724. The monoisotopic (exact) mass is 440 g/mol. The van der Waals surface area contributed by atoms with E-state index in [1.807, 2.05) is 6.92 Å². The number of aromatic nitrogens is 2. The van der Waals surface area contributed by atoms with Crippen LogP contribution in [0.4, 0.5) is 10.2 Å². The maximum absolute atomic E-state index is 14.4. The third kappa shape index (κ3) is 3.44. The van der Waals surface area contributed by atoms with E-state index in [4.69, 9.17) is 33.7 Å². The fraction of sp³-hybridized carbons (Fsp3) is 0.500.